The molecule has 24 heavy (non-hydrogen) atoms. The summed E-state index contributed by atoms with van der Waals surface area (Å²) in [6.07, 6.45) is 2.01. The van der Waals surface area contributed by atoms with Gasteiger partial charge in [0.2, 0.25) is 11.8 Å². The van der Waals surface area contributed by atoms with Gasteiger partial charge in [-0.2, -0.15) is 4.98 Å². The van der Waals surface area contributed by atoms with Crippen molar-refractivity contribution in [1.82, 2.24) is 15.0 Å². The first kappa shape index (κ1) is 16.7. The Morgan fingerprint density at radius 3 is 2.79 bits per heavy atom. The maximum absolute atomic E-state index is 12.3. The van der Waals surface area contributed by atoms with Crippen LogP contribution in [0.15, 0.2) is 21.1 Å². The minimum atomic E-state index is 0.0389. The van der Waals surface area contributed by atoms with Crippen LogP contribution in [0.2, 0.25) is 0 Å². The second kappa shape index (κ2) is 6.79. The van der Waals surface area contributed by atoms with Crippen molar-refractivity contribution < 1.29 is 13.7 Å². The Balaban J connectivity index is 1.48. The molecule has 1 aliphatic carbocycles. The highest BCUT2D eigenvalue weighted by Gasteiger charge is 2.36. The Hall–Kier alpha value is -2.11. The van der Waals surface area contributed by atoms with Gasteiger partial charge >= 0.3 is 0 Å². The van der Waals surface area contributed by atoms with Gasteiger partial charge in [0, 0.05) is 31.7 Å². The smallest absolute Gasteiger partial charge is 0.227 e. The van der Waals surface area contributed by atoms with Crippen LogP contribution in [0.25, 0.3) is 0 Å². The van der Waals surface area contributed by atoms with Gasteiger partial charge in [-0.25, -0.2) is 0 Å². The first-order valence-electron chi connectivity index (χ1n) is 8.59. The first-order chi connectivity index (χ1) is 11.4. The summed E-state index contributed by atoms with van der Waals surface area (Å²) in [4.78, 5) is 18.2. The van der Waals surface area contributed by atoms with E-state index >= 15 is 0 Å². The maximum Gasteiger partial charge on any atom is 0.227 e. The fourth-order valence-electron chi connectivity index (χ4n) is 2.73. The summed E-state index contributed by atoms with van der Waals surface area (Å²) in [6, 6.07) is 4.00. The molecule has 2 aromatic heterocycles. The topological polar surface area (TPSA) is 72.4 Å². The third-order valence-corrected chi connectivity index (χ3v) is 4.53. The fourth-order valence-corrected chi connectivity index (χ4v) is 2.73. The van der Waals surface area contributed by atoms with Crippen LogP contribution in [-0.4, -0.2) is 28.0 Å². The van der Waals surface area contributed by atoms with Gasteiger partial charge in [-0.1, -0.05) is 25.9 Å². The molecule has 130 valence electrons. The third kappa shape index (κ3) is 3.86. The van der Waals surface area contributed by atoms with Crippen LogP contribution in [0.3, 0.4) is 0 Å². The lowest BCUT2D eigenvalue weighted by Crippen LogP contribution is -2.26. The maximum atomic E-state index is 12.3. The van der Waals surface area contributed by atoms with Crippen molar-refractivity contribution in [3.8, 4) is 0 Å². The number of carbonyl (C=O) groups excluding carboxylic acids is 1. The molecule has 2 atom stereocenters. The lowest BCUT2D eigenvalue weighted by atomic mass is 10.2. The van der Waals surface area contributed by atoms with Crippen LogP contribution in [0.5, 0.6) is 0 Å². The van der Waals surface area contributed by atoms with E-state index in [0.717, 1.165) is 11.5 Å². The van der Waals surface area contributed by atoms with Crippen molar-refractivity contribution in [2.75, 3.05) is 7.05 Å². The molecule has 0 spiro atoms. The minimum absolute atomic E-state index is 0.0389. The quantitative estimate of drug-likeness (QED) is 0.776. The molecular formula is C18H25N3O3. The van der Waals surface area contributed by atoms with Crippen LogP contribution < -0.4 is 0 Å². The Bertz CT molecular complexity index is 704. The average molecular weight is 331 g/mol. The van der Waals surface area contributed by atoms with E-state index in [1.54, 1.807) is 11.9 Å². The zero-order chi connectivity index (χ0) is 17.3. The lowest BCUT2D eigenvalue weighted by Gasteiger charge is -2.15. The summed E-state index contributed by atoms with van der Waals surface area (Å²) in [5, 5.41) is 3.91. The van der Waals surface area contributed by atoms with E-state index in [1.807, 2.05) is 26.0 Å². The zero-order valence-electron chi connectivity index (χ0n) is 14.8. The summed E-state index contributed by atoms with van der Waals surface area (Å²) in [5.41, 5.74) is 0. The minimum Gasteiger partial charge on any atom is -0.464 e. The summed E-state index contributed by atoms with van der Waals surface area (Å²) < 4.78 is 11.0. The number of nitrogens with zero attached hydrogens (tertiary/aromatic N) is 3. The Kier molecular flexibility index (Phi) is 4.73. The Labute approximate surface area is 142 Å². The molecule has 0 aromatic carbocycles. The van der Waals surface area contributed by atoms with Gasteiger partial charge in [-0.05, 0) is 24.5 Å². The number of hydrogen-bond donors (Lipinski definition) is 0. The molecule has 0 bridgehead atoms. The number of carbonyl (C=O) groups is 1. The molecule has 2 heterocycles. The molecule has 0 unspecified atom stereocenters. The van der Waals surface area contributed by atoms with Crippen LogP contribution in [0.4, 0.5) is 0 Å². The predicted octanol–water partition coefficient (Wildman–Crippen LogP) is 3.50. The molecule has 0 N–H and O–H groups in total. The van der Waals surface area contributed by atoms with E-state index < -0.39 is 0 Å². The molecule has 3 rings (SSSR count). The van der Waals surface area contributed by atoms with Crippen molar-refractivity contribution in [3.63, 3.8) is 0 Å². The van der Waals surface area contributed by atoms with Crippen LogP contribution in [0, 0.1) is 5.92 Å². The van der Waals surface area contributed by atoms with E-state index in [9.17, 15) is 4.79 Å². The highest BCUT2D eigenvalue weighted by molar-refractivity contribution is 5.75. The lowest BCUT2D eigenvalue weighted by molar-refractivity contribution is -0.130. The van der Waals surface area contributed by atoms with Gasteiger partial charge in [0.15, 0.2) is 5.82 Å². The number of rotatable bonds is 7. The van der Waals surface area contributed by atoms with E-state index in [4.69, 9.17) is 8.94 Å². The Morgan fingerprint density at radius 2 is 2.17 bits per heavy atom. The number of furan rings is 1. The van der Waals surface area contributed by atoms with Crippen molar-refractivity contribution in [2.45, 2.75) is 58.4 Å². The van der Waals surface area contributed by atoms with Gasteiger partial charge in [-0.15, -0.1) is 0 Å². The molecule has 0 saturated heterocycles. The molecular weight excluding hydrogens is 306 g/mol. The second-order valence-corrected chi connectivity index (χ2v) is 7.07. The van der Waals surface area contributed by atoms with Gasteiger partial charge < -0.3 is 13.8 Å². The second-order valence-electron chi connectivity index (χ2n) is 7.07. The van der Waals surface area contributed by atoms with Gasteiger partial charge in [0.1, 0.15) is 11.5 Å². The summed E-state index contributed by atoms with van der Waals surface area (Å²) in [7, 11) is 1.79. The first-order valence-corrected chi connectivity index (χ1v) is 8.59. The van der Waals surface area contributed by atoms with E-state index in [1.165, 1.54) is 6.42 Å². The number of aromatic nitrogens is 2. The molecule has 0 radical (unpaired) electrons. The zero-order valence-corrected chi connectivity index (χ0v) is 14.8. The van der Waals surface area contributed by atoms with Crippen LogP contribution in [-0.2, 0) is 17.8 Å². The standard InChI is InChI=1S/C18H25N3O3/c1-11(2)18-19-16(24-20-18)7-8-17(22)21(4)10-13-5-6-15(23-13)14-9-12(14)3/h5-6,11-12,14H,7-10H2,1-4H3/t12-,14+/m1/s1. The van der Waals surface area contributed by atoms with Gasteiger partial charge in [0.05, 0.1) is 6.54 Å². The molecule has 6 nitrogen and oxygen atoms in total. The highest BCUT2D eigenvalue weighted by Crippen LogP contribution is 2.47. The molecule has 1 aliphatic rings. The largest absolute Gasteiger partial charge is 0.464 e. The van der Waals surface area contributed by atoms with Crippen molar-refractivity contribution >= 4 is 5.91 Å². The normalized spacial score (nSPS) is 19.7. The Morgan fingerprint density at radius 1 is 1.42 bits per heavy atom. The van der Waals surface area contributed by atoms with Crippen molar-refractivity contribution in [1.29, 1.82) is 0 Å². The van der Waals surface area contributed by atoms with E-state index in [0.29, 0.717) is 42.9 Å². The molecule has 1 saturated carbocycles. The average Bonchev–Trinajstić information content (AvgIpc) is 2.96. The summed E-state index contributed by atoms with van der Waals surface area (Å²) >= 11 is 0. The summed E-state index contributed by atoms with van der Waals surface area (Å²) in [5.74, 6) is 4.62. The monoisotopic (exact) mass is 331 g/mol. The highest BCUT2D eigenvalue weighted by atomic mass is 16.5. The summed E-state index contributed by atoms with van der Waals surface area (Å²) in [6.45, 7) is 6.73. The number of amides is 1. The molecule has 0 aliphatic heterocycles. The van der Waals surface area contributed by atoms with Gasteiger partial charge in [0.25, 0.3) is 0 Å². The SMILES string of the molecule is CC(C)c1noc(CCC(=O)N(C)Cc2ccc([C@H]3C[C@H]3C)o2)n1. The van der Waals surface area contributed by atoms with E-state index in [2.05, 4.69) is 17.1 Å². The molecule has 1 amide bonds. The predicted molar refractivity (Wildman–Crippen MR) is 88.4 cm³/mol. The fraction of sp³-hybridized carbons (Fsp3) is 0.611. The van der Waals surface area contributed by atoms with E-state index in [-0.39, 0.29) is 11.8 Å². The van der Waals surface area contributed by atoms with Crippen molar-refractivity contribution in [3.05, 3.63) is 35.4 Å². The third-order valence-electron chi connectivity index (χ3n) is 4.53. The number of hydrogen-bond acceptors (Lipinski definition) is 5. The van der Waals surface area contributed by atoms with Crippen LogP contribution in [0.1, 0.15) is 68.7 Å². The molecule has 6 heteroatoms. The van der Waals surface area contributed by atoms with Crippen molar-refractivity contribution in [2.24, 2.45) is 5.92 Å². The molecule has 2 aromatic rings. The number of aryl methyl sites for hydroxylation is 1. The van der Waals surface area contributed by atoms with Gasteiger partial charge in [-0.3, -0.25) is 4.79 Å². The van der Waals surface area contributed by atoms with Crippen LogP contribution >= 0.6 is 0 Å². The molecule has 1 fully saturated rings.